The Kier molecular flexibility index (Phi) is 4.89. The Morgan fingerprint density at radius 3 is 2.96 bits per heavy atom. The molecule has 0 spiro atoms. The Morgan fingerprint density at radius 2 is 2.30 bits per heavy atom. The number of nitrogens with zero attached hydrogens (tertiary/aromatic N) is 4. The van der Waals surface area contributed by atoms with Gasteiger partial charge in [-0.25, -0.2) is 0 Å². The lowest BCUT2D eigenvalue weighted by Gasteiger charge is -2.32. The lowest BCUT2D eigenvalue weighted by atomic mass is 9.97. The second kappa shape index (κ2) is 6.90. The number of piperidine rings is 1. The summed E-state index contributed by atoms with van der Waals surface area (Å²) >= 11 is 1.56. The second-order valence-electron chi connectivity index (χ2n) is 6.39. The summed E-state index contributed by atoms with van der Waals surface area (Å²) in [6.07, 6.45) is 1.88. The van der Waals surface area contributed by atoms with Crippen LogP contribution in [0, 0.1) is 0 Å². The van der Waals surface area contributed by atoms with E-state index in [1.54, 1.807) is 16.7 Å². The van der Waals surface area contributed by atoms with Gasteiger partial charge in [0.05, 0.1) is 11.6 Å². The summed E-state index contributed by atoms with van der Waals surface area (Å²) < 4.78 is 5.28. The largest absolute Gasteiger partial charge is 0.340 e. The average Bonchev–Trinajstić information content (AvgIpc) is 3.17. The van der Waals surface area contributed by atoms with Gasteiger partial charge >= 0.3 is 0 Å². The number of carbonyl (C=O) groups is 2. The molecule has 23 heavy (non-hydrogen) atoms. The third-order valence-corrected chi connectivity index (χ3v) is 5.19. The van der Waals surface area contributed by atoms with Crippen LogP contribution in [-0.2, 0) is 9.59 Å². The van der Waals surface area contributed by atoms with Crippen molar-refractivity contribution in [3.63, 3.8) is 0 Å². The van der Waals surface area contributed by atoms with Crippen molar-refractivity contribution in [2.75, 3.05) is 31.3 Å². The molecule has 3 rings (SSSR count). The zero-order chi connectivity index (χ0) is 16.4. The maximum atomic E-state index is 12.4. The molecule has 126 valence electrons. The maximum Gasteiger partial charge on any atom is 0.242 e. The van der Waals surface area contributed by atoms with Crippen molar-refractivity contribution in [1.29, 1.82) is 0 Å². The van der Waals surface area contributed by atoms with Gasteiger partial charge in [-0.15, -0.1) is 11.8 Å². The van der Waals surface area contributed by atoms with E-state index >= 15 is 0 Å². The molecule has 3 heterocycles. The fourth-order valence-corrected chi connectivity index (χ4v) is 3.77. The highest BCUT2D eigenvalue weighted by Crippen LogP contribution is 2.26. The van der Waals surface area contributed by atoms with E-state index < -0.39 is 0 Å². The molecule has 1 atom stereocenters. The first-order valence-corrected chi connectivity index (χ1v) is 9.17. The van der Waals surface area contributed by atoms with Crippen LogP contribution in [0.1, 0.15) is 50.2 Å². The minimum Gasteiger partial charge on any atom is -0.340 e. The highest BCUT2D eigenvalue weighted by Gasteiger charge is 2.30. The summed E-state index contributed by atoms with van der Waals surface area (Å²) in [7, 11) is 0. The molecule has 0 radical (unpaired) electrons. The van der Waals surface area contributed by atoms with Crippen LogP contribution in [0.25, 0.3) is 0 Å². The molecule has 1 aromatic rings. The van der Waals surface area contributed by atoms with E-state index in [1.165, 1.54) is 0 Å². The standard InChI is InChI=1S/C15H22N4O3S/c1-10(2)15-16-14(17-22-15)11-4-3-5-18(6-11)12(20)7-19-9-23-8-13(19)21/h10-11H,3-9H2,1-2H3/t11-/m1/s1. The quantitative estimate of drug-likeness (QED) is 0.826. The van der Waals surface area contributed by atoms with Crippen molar-refractivity contribution in [1.82, 2.24) is 19.9 Å². The molecule has 7 nitrogen and oxygen atoms in total. The fourth-order valence-electron chi connectivity index (χ4n) is 2.87. The van der Waals surface area contributed by atoms with E-state index in [2.05, 4.69) is 10.1 Å². The number of rotatable bonds is 4. The third-order valence-electron chi connectivity index (χ3n) is 4.24. The number of hydrogen-bond donors (Lipinski definition) is 0. The van der Waals surface area contributed by atoms with E-state index in [4.69, 9.17) is 4.52 Å². The van der Waals surface area contributed by atoms with Crippen LogP contribution >= 0.6 is 11.8 Å². The Balaban J connectivity index is 1.60. The van der Waals surface area contributed by atoms with Gasteiger partial charge in [0, 0.05) is 24.9 Å². The molecule has 8 heteroatoms. The molecular formula is C15H22N4O3S. The molecule has 2 aliphatic rings. The highest BCUT2D eigenvalue weighted by atomic mass is 32.2. The first-order valence-electron chi connectivity index (χ1n) is 8.01. The van der Waals surface area contributed by atoms with Crippen LogP contribution in [0.2, 0.25) is 0 Å². The van der Waals surface area contributed by atoms with Crippen molar-refractivity contribution < 1.29 is 14.1 Å². The zero-order valence-corrected chi connectivity index (χ0v) is 14.3. The Hall–Kier alpha value is -1.57. The predicted octanol–water partition coefficient (Wildman–Crippen LogP) is 1.43. The first-order chi connectivity index (χ1) is 11.0. The molecule has 2 amide bonds. The summed E-state index contributed by atoms with van der Waals surface area (Å²) in [5.74, 6) is 2.82. The van der Waals surface area contributed by atoms with Gasteiger partial charge in [-0.1, -0.05) is 19.0 Å². The molecule has 0 bridgehead atoms. The molecule has 0 unspecified atom stereocenters. The van der Waals surface area contributed by atoms with Crippen LogP contribution in [-0.4, -0.2) is 63.0 Å². The van der Waals surface area contributed by atoms with E-state index in [0.717, 1.165) is 19.4 Å². The number of likely N-dealkylation sites (tertiary alicyclic amines) is 1. The van der Waals surface area contributed by atoms with Gasteiger partial charge < -0.3 is 14.3 Å². The van der Waals surface area contributed by atoms with E-state index in [0.29, 0.717) is 29.9 Å². The van der Waals surface area contributed by atoms with Gasteiger partial charge in [-0.05, 0) is 12.8 Å². The fraction of sp³-hybridized carbons (Fsp3) is 0.733. The predicted molar refractivity (Wildman–Crippen MR) is 86.0 cm³/mol. The molecule has 0 N–H and O–H groups in total. The number of thioether (sulfide) groups is 1. The van der Waals surface area contributed by atoms with Gasteiger partial charge in [0.15, 0.2) is 5.82 Å². The monoisotopic (exact) mass is 338 g/mol. The van der Waals surface area contributed by atoms with Gasteiger partial charge in [0.25, 0.3) is 0 Å². The van der Waals surface area contributed by atoms with Crippen LogP contribution in [0.5, 0.6) is 0 Å². The minimum absolute atomic E-state index is 0.0122. The molecular weight excluding hydrogens is 316 g/mol. The van der Waals surface area contributed by atoms with E-state index in [1.807, 2.05) is 18.7 Å². The Bertz CT molecular complexity index is 589. The van der Waals surface area contributed by atoms with Crippen molar-refractivity contribution >= 4 is 23.6 Å². The normalized spacial score (nSPS) is 22.2. The number of aromatic nitrogens is 2. The van der Waals surface area contributed by atoms with Crippen molar-refractivity contribution in [2.24, 2.45) is 0 Å². The first kappa shape index (κ1) is 16.3. The van der Waals surface area contributed by atoms with Gasteiger partial charge in [0.1, 0.15) is 6.54 Å². The molecule has 2 fully saturated rings. The molecule has 0 saturated carbocycles. The smallest absolute Gasteiger partial charge is 0.242 e. The summed E-state index contributed by atoms with van der Waals surface area (Å²) in [4.78, 5) is 32.0. The maximum absolute atomic E-state index is 12.4. The molecule has 0 aromatic carbocycles. The number of amides is 2. The lowest BCUT2D eigenvalue weighted by Crippen LogP contribution is -2.45. The summed E-state index contributed by atoms with van der Waals surface area (Å²) in [5.41, 5.74) is 0. The minimum atomic E-state index is 0.0122. The van der Waals surface area contributed by atoms with Crippen LogP contribution in [0.15, 0.2) is 4.52 Å². The topological polar surface area (TPSA) is 79.5 Å². The summed E-state index contributed by atoms with van der Waals surface area (Å²) in [5, 5.41) is 4.08. The molecule has 1 aromatic heterocycles. The second-order valence-corrected chi connectivity index (χ2v) is 7.35. The Morgan fingerprint density at radius 1 is 1.48 bits per heavy atom. The number of hydrogen-bond acceptors (Lipinski definition) is 6. The van der Waals surface area contributed by atoms with Crippen molar-refractivity contribution in [2.45, 2.75) is 38.5 Å². The highest BCUT2D eigenvalue weighted by molar-refractivity contribution is 8.00. The van der Waals surface area contributed by atoms with Gasteiger partial charge in [-0.3, -0.25) is 9.59 Å². The summed E-state index contributed by atoms with van der Waals surface area (Å²) in [6, 6.07) is 0. The molecule has 2 saturated heterocycles. The van der Waals surface area contributed by atoms with E-state index in [-0.39, 0.29) is 30.2 Å². The van der Waals surface area contributed by atoms with Gasteiger partial charge in [0.2, 0.25) is 17.7 Å². The summed E-state index contributed by atoms with van der Waals surface area (Å²) in [6.45, 7) is 5.55. The van der Waals surface area contributed by atoms with Crippen LogP contribution in [0.3, 0.4) is 0 Å². The molecule has 2 aliphatic heterocycles. The SMILES string of the molecule is CC(C)c1nc([C@@H]2CCCN(C(=O)CN3CSCC3=O)C2)no1. The van der Waals surface area contributed by atoms with Crippen molar-refractivity contribution in [3.05, 3.63) is 11.7 Å². The van der Waals surface area contributed by atoms with Crippen LogP contribution < -0.4 is 0 Å². The third kappa shape index (κ3) is 3.68. The van der Waals surface area contributed by atoms with Gasteiger partial charge in [-0.2, -0.15) is 4.98 Å². The number of carbonyl (C=O) groups excluding carboxylic acids is 2. The lowest BCUT2D eigenvalue weighted by molar-refractivity contribution is -0.138. The van der Waals surface area contributed by atoms with Crippen LogP contribution in [0.4, 0.5) is 0 Å². The van der Waals surface area contributed by atoms with Crippen molar-refractivity contribution in [3.8, 4) is 0 Å². The average molecular weight is 338 g/mol. The van der Waals surface area contributed by atoms with E-state index in [9.17, 15) is 9.59 Å². The zero-order valence-electron chi connectivity index (χ0n) is 13.5. The Labute approximate surface area is 139 Å². The molecule has 0 aliphatic carbocycles.